The fourth-order valence-electron chi connectivity index (χ4n) is 5.34. The van der Waals surface area contributed by atoms with Crippen molar-refractivity contribution >= 4 is 58.6 Å². The fraction of sp³-hybridized carbons (Fsp3) is 0.750. The molecule has 0 aromatic rings. The van der Waals surface area contributed by atoms with Crippen LogP contribution in [0.1, 0.15) is 111 Å². The van der Waals surface area contributed by atoms with Gasteiger partial charge in [-0.25, -0.2) is 0 Å². The van der Waals surface area contributed by atoms with E-state index in [1.54, 1.807) is 0 Å². The van der Waals surface area contributed by atoms with E-state index in [0.29, 0.717) is 77.7 Å². The van der Waals surface area contributed by atoms with Crippen molar-refractivity contribution in [3.05, 3.63) is 0 Å². The smallest absolute Gasteiger partial charge is 0.306 e. The number of nitrogens with two attached hydrogens (primary N) is 1. The highest BCUT2D eigenvalue weighted by Gasteiger charge is 2.19. The second-order valence-electron chi connectivity index (χ2n) is 14.1. The van der Waals surface area contributed by atoms with Crippen molar-refractivity contribution in [2.24, 2.45) is 5.73 Å². The monoisotopic (exact) mass is 857 g/mol. The molecule has 0 radical (unpaired) electrons. The Labute approximate surface area is 352 Å². The van der Waals surface area contributed by atoms with Gasteiger partial charge in [-0.2, -0.15) is 0 Å². The molecule has 6 N–H and O–H groups in total. The van der Waals surface area contributed by atoms with Gasteiger partial charge in [-0.15, -0.1) is 0 Å². The lowest BCUT2D eigenvalue weighted by molar-refractivity contribution is -0.148. The van der Waals surface area contributed by atoms with E-state index < -0.39 is 48.2 Å². The largest absolute Gasteiger partial charge is 0.458 e. The molecule has 0 spiro atoms. The van der Waals surface area contributed by atoms with Gasteiger partial charge in [-0.05, 0) is 39.0 Å². The van der Waals surface area contributed by atoms with Gasteiger partial charge in [-0.1, -0.05) is 25.7 Å². The minimum Gasteiger partial charge on any atom is -0.458 e. The van der Waals surface area contributed by atoms with Crippen LogP contribution in [0, 0.1) is 0 Å². The Morgan fingerprint density at radius 3 is 1.45 bits per heavy atom. The van der Waals surface area contributed by atoms with Crippen LogP contribution in [0.5, 0.6) is 0 Å². The minimum absolute atomic E-state index is 0.0533. The van der Waals surface area contributed by atoms with Crippen LogP contribution in [-0.4, -0.2) is 143 Å². The Bertz CT molecular complexity index is 1360. The normalized spacial score (nSPS) is 11.8. The average molecular weight is 858 g/mol. The summed E-state index contributed by atoms with van der Waals surface area (Å²) >= 11 is 0. The average Bonchev–Trinajstić information content (AvgIpc) is 3.17. The number of carbonyl (C=O) groups is 10. The third-order valence-corrected chi connectivity index (χ3v) is 8.48. The maximum atomic E-state index is 12.2. The molecule has 0 aliphatic carbocycles. The Morgan fingerprint density at radius 2 is 0.950 bits per heavy atom. The van der Waals surface area contributed by atoms with Crippen molar-refractivity contribution in [3.63, 3.8) is 0 Å². The zero-order valence-corrected chi connectivity index (χ0v) is 35.5. The van der Waals surface area contributed by atoms with Gasteiger partial charge in [-0.3, -0.25) is 47.9 Å². The number of nitrogens with one attached hydrogen (secondary N) is 4. The summed E-state index contributed by atoms with van der Waals surface area (Å²) in [6.45, 7) is 5.27. The molecule has 0 saturated heterocycles. The Kier molecular flexibility index (Phi) is 33.4. The standard InChI is InChI=1S/C40H67N5O15/c1-29(46)35(44-37(52)27-58-23-21-56-19-17-42-30(2)47)14-8-5-7-12-33(50)25-34(51)26-60-39(54)16-10-13-32(49)11-6-4-9-15-36(40(41)55)45-38(53)28-59-24-22-57-20-18-43-31(3)48/h35-36H,4-28H2,1-3H3,(H2,41,55)(H,42,47)(H,43,48)(H,44,52)(H,45,53). The van der Waals surface area contributed by atoms with Gasteiger partial charge in [0.05, 0.1) is 52.1 Å². The van der Waals surface area contributed by atoms with Crippen molar-refractivity contribution in [2.45, 2.75) is 123 Å². The fourth-order valence-corrected chi connectivity index (χ4v) is 5.34. The number of esters is 1. The highest BCUT2D eigenvalue weighted by molar-refractivity contribution is 6.00. The van der Waals surface area contributed by atoms with Gasteiger partial charge in [0.25, 0.3) is 0 Å². The molecule has 0 aromatic carbocycles. The van der Waals surface area contributed by atoms with Crippen LogP contribution in [-0.2, 0) is 71.6 Å². The van der Waals surface area contributed by atoms with E-state index in [1.165, 1.54) is 20.8 Å². The van der Waals surface area contributed by atoms with Gasteiger partial charge in [0.15, 0.2) is 11.6 Å². The number of carbonyl (C=O) groups excluding carboxylic acids is 10. The van der Waals surface area contributed by atoms with Crippen LogP contribution in [0.25, 0.3) is 0 Å². The molecule has 0 aliphatic heterocycles. The third-order valence-electron chi connectivity index (χ3n) is 8.48. The summed E-state index contributed by atoms with van der Waals surface area (Å²) in [6, 6.07) is -1.57. The van der Waals surface area contributed by atoms with E-state index in [4.69, 9.17) is 29.4 Å². The second-order valence-corrected chi connectivity index (χ2v) is 14.1. The summed E-state index contributed by atoms with van der Waals surface area (Å²) in [4.78, 5) is 118. The van der Waals surface area contributed by atoms with E-state index in [9.17, 15) is 47.9 Å². The predicted octanol–water partition coefficient (Wildman–Crippen LogP) is 0.0808. The first-order valence-corrected chi connectivity index (χ1v) is 20.5. The van der Waals surface area contributed by atoms with Crippen LogP contribution in [0.3, 0.4) is 0 Å². The van der Waals surface area contributed by atoms with Crippen LogP contribution < -0.4 is 27.0 Å². The minimum atomic E-state index is -0.881. The summed E-state index contributed by atoms with van der Waals surface area (Å²) in [5.74, 6) is -3.70. The number of ether oxygens (including phenoxy) is 5. The zero-order valence-electron chi connectivity index (χ0n) is 35.5. The topological polar surface area (TPSA) is 291 Å². The number of unbranched alkanes of at least 4 members (excludes halogenated alkanes) is 4. The molecule has 0 aromatic heterocycles. The first-order valence-electron chi connectivity index (χ1n) is 20.5. The molecule has 0 heterocycles. The molecule has 0 bridgehead atoms. The van der Waals surface area contributed by atoms with E-state index in [-0.39, 0.29) is 107 Å². The number of hydrogen-bond acceptors (Lipinski definition) is 15. The quantitative estimate of drug-likeness (QED) is 0.0310. The molecule has 2 unspecified atom stereocenters. The number of ketones is 4. The molecular formula is C40H67N5O15. The molecule has 5 amide bonds. The highest BCUT2D eigenvalue weighted by Crippen LogP contribution is 2.11. The lowest BCUT2D eigenvalue weighted by Gasteiger charge is -2.16. The summed E-state index contributed by atoms with van der Waals surface area (Å²) in [6.07, 6.45) is 4.37. The Morgan fingerprint density at radius 1 is 0.483 bits per heavy atom. The first-order chi connectivity index (χ1) is 28.6. The van der Waals surface area contributed by atoms with Crippen LogP contribution in [0.4, 0.5) is 0 Å². The van der Waals surface area contributed by atoms with Gasteiger partial charge < -0.3 is 50.7 Å². The lowest BCUT2D eigenvalue weighted by Crippen LogP contribution is -2.45. The van der Waals surface area contributed by atoms with E-state index in [2.05, 4.69) is 21.3 Å². The molecule has 0 fully saturated rings. The highest BCUT2D eigenvalue weighted by atomic mass is 16.5. The number of amides is 5. The maximum absolute atomic E-state index is 12.2. The van der Waals surface area contributed by atoms with E-state index >= 15 is 0 Å². The SMILES string of the molecule is CC(=O)NCCOCCOCC(=O)NC(CCCCCC(=O)CC(=O)COC(=O)CCCC(=O)CCCCCC(NC(=O)COCCOCCNC(C)=O)C(N)=O)C(C)=O. The maximum Gasteiger partial charge on any atom is 0.306 e. The van der Waals surface area contributed by atoms with Crippen LogP contribution in [0.2, 0.25) is 0 Å². The molecule has 0 rings (SSSR count). The molecule has 20 heteroatoms. The van der Waals surface area contributed by atoms with Gasteiger partial charge in [0.2, 0.25) is 29.5 Å². The zero-order chi connectivity index (χ0) is 45.0. The summed E-state index contributed by atoms with van der Waals surface area (Å²) in [7, 11) is 0. The third kappa shape index (κ3) is 35.3. The van der Waals surface area contributed by atoms with Gasteiger partial charge in [0.1, 0.15) is 37.4 Å². The number of rotatable bonds is 40. The van der Waals surface area contributed by atoms with Crippen molar-refractivity contribution < 1.29 is 71.6 Å². The molecule has 60 heavy (non-hydrogen) atoms. The van der Waals surface area contributed by atoms with Gasteiger partial charge in [0, 0.05) is 52.6 Å². The predicted molar refractivity (Wildman–Crippen MR) is 215 cm³/mol. The number of hydrogen-bond donors (Lipinski definition) is 5. The number of primary amides is 1. The van der Waals surface area contributed by atoms with Crippen molar-refractivity contribution in [1.82, 2.24) is 21.3 Å². The molecule has 2 atom stereocenters. The molecule has 0 aliphatic rings. The second kappa shape index (κ2) is 36.2. The van der Waals surface area contributed by atoms with Crippen LogP contribution in [0.15, 0.2) is 0 Å². The molecule has 342 valence electrons. The van der Waals surface area contributed by atoms with Crippen molar-refractivity contribution in [2.75, 3.05) is 72.6 Å². The van der Waals surface area contributed by atoms with Gasteiger partial charge >= 0.3 is 5.97 Å². The molecule has 0 saturated carbocycles. The van der Waals surface area contributed by atoms with Crippen LogP contribution >= 0.6 is 0 Å². The Hall–Kier alpha value is -4.66. The molecule has 20 nitrogen and oxygen atoms in total. The van der Waals surface area contributed by atoms with Crippen molar-refractivity contribution in [3.8, 4) is 0 Å². The lowest BCUT2D eigenvalue weighted by atomic mass is 10.0. The van der Waals surface area contributed by atoms with E-state index in [0.717, 1.165) is 0 Å². The summed E-state index contributed by atoms with van der Waals surface area (Å²) in [5.41, 5.74) is 5.41. The summed E-state index contributed by atoms with van der Waals surface area (Å²) < 4.78 is 25.9. The molecular weight excluding hydrogens is 790 g/mol. The first kappa shape index (κ1) is 55.3. The summed E-state index contributed by atoms with van der Waals surface area (Å²) in [5, 5.41) is 10.3. The Balaban J connectivity index is 4.00. The number of Topliss-reactive ketones (excluding diaryl/α,β-unsaturated/α-hetero) is 4. The van der Waals surface area contributed by atoms with Crippen molar-refractivity contribution in [1.29, 1.82) is 0 Å². The van der Waals surface area contributed by atoms with E-state index in [1.807, 2.05) is 0 Å².